The second-order valence-electron chi connectivity index (χ2n) is 5.18. The Morgan fingerprint density at radius 2 is 1.95 bits per heavy atom. The van der Waals surface area contributed by atoms with Gasteiger partial charge < -0.3 is 10.1 Å². The second-order valence-corrected chi connectivity index (χ2v) is 6.09. The van der Waals surface area contributed by atoms with Crippen LogP contribution in [0, 0.1) is 0 Å². The average molecular weight is 372 g/mol. The second kappa shape index (κ2) is 9.55. The molecule has 0 aliphatic rings. The van der Waals surface area contributed by atoms with Crippen LogP contribution in [-0.2, 0) is 16.1 Å². The fraction of sp³-hybridized carbons (Fsp3) is 0.467. The molecule has 0 saturated heterocycles. The largest absolute Gasteiger partial charge is 0.383 e. The molecule has 0 saturated carbocycles. The van der Waals surface area contributed by atoms with Gasteiger partial charge in [0.25, 0.3) is 0 Å². The SMILES string of the molecule is COCC(C)NC(=O)NC(=O)CN(C)Cc1ccc(Br)cc1. The first-order valence-electron chi connectivity index (χ1n) is 6.93. The summed E-state index contributed by atoms with van der Waals surface area (Å²) in [5, 5.41) is 4.92. The van der Waals surface area contributed by atoms with Gasteiger partial charge in [-0.2, -0.15) is 0 Å². The number of benzene rings is 1. The lowest BCUT2D eigenvalue weighted by Gasteiger charge is -2.17. The maximum atomic E-state index is 11.8. The number of rotatable bonds is 7. The number of nitrogens with zero attached hydrogens (tertiary/aromatic N) is 1. The highest BCUT2D eigenvalue weighted by molar-refractivity contribution is 9.10. The lowest BCUT2D eigenvalue weighted by molar-refractivity contribution is -0.121. The highest BCUT2D eigenvalue weighted by atomic mass is 79.9. The lowest BCUT2D eigenvalue weighted by atomic mass is 10.2. The van der Waals surface area contributed by atoms with Crippen molar-refractivity contribution in [2.45, 2.75) is 19.5 Å². The number of ether oxygens (including phenoxy) is 1. The van der Waals surface area contributed by atoms with E-state index in [9.17, 15) is 9.59 Å². The van der Waals surface area contributed by atoms with E-state index in [2.05, 4.69) is 26.6 Å². The maximum absolute atomic E-state index is 11.8. The molecule has 1 rings (SSSR count). The molecule has 1 aromatic carbocycles. The van der Waals surface area contributed by atoms with Crippen molar-refractivity contribution < 1.29 is 14.3 Å². The summed E-state index contributed by atoms with van der Waals surface area (Å²) < 4.78 is 5.92. The van der Waals surface area contributed by atoms with Crippen LogP contribution in [0.3, 0.4) is 0 Å². The number of hydrogen-bond acceptors (Lipinski definition) is 4. The lowest BCUT2D eigenvalue weighted by Crippen LogP contribution is -2.47. The molecular weight excluding hydrogens is 350 g/mol. The molecule has 2 N–H and O–H groups in total. The van der Waals surface area contributed by atoms with Gasteiger partial charge in [-0.25, -0.2) is 4.79 Å². The van der Waals surface area contributed by atoms with Gasteiger partial charge in [0, 0.05) is 18.1 Å². The van der Waals surface area contributed by atoms with Crippen LogP contribution < -0.4 is 10.6 Å². The molecule has 0 heterocycles. The van der Waals surface area contributed by atoms with Crippen molar-refractivity contribution in [3.05, 3.63) is 34.3 Å². The van der Waals surface area contributed by atoms with Crippen molar-refractivity contribution in [2.75, 3.05) is 27.3 Å². The molecule has 0 bridgehead atoms. The van der Waals surface area contributed by atoms with Crippen LogP contribution >= 0.6 is 15.9 Å². The maximum Gasteiger partial charge on any atom is 0.321 e. The molecule has 3 amide bonds. The van der Waals surface area contributed by atoms with E-state index < -0.39 is 6.03 Å². The van der Waals surface area contributed by atoms with Crippen molar-refractivity contribution in [3.63, 3.8) is 0 Å². The molecule has 0 aliphatic heterocycles. The van der Waals surface area contributed by atoms with E-state index in [-0.39, 0.29) is 18.5 Å². The summed E-state index contributed by atoms with van der Waals surface area (Å²) in [7, 11) is 3.38. The topological polar surface area (TPSA) is 70.7 Å². The zero-order valence-electron chi connectivity index (χ0n) is 13.1. The summed E-state index contributed by atoms with van der Waals surface area (Å²) in [6.07, 6.45) is 0. The first-order chi connectivity index (χ1) is 10.4. The zero-order valence-corrected chi connectivity index (χ0v) is 14.6. The molecule has 22 heavy (non-hydrogen) atoms. The van der Waals surface area contributed by atoms with Crippen LogP contribution in [0.15, 0.2) is 28.7 Å². The molecular formula is C15H22BrN3O3. The predicted octanol–water partition coefficient (Wildman–Crippen LogP) is 1.74. The van der Waals surface area contributed by atoms with Crippen LogP contribution in [0.25, 0.3) is 0 Å². The summed E-state index contributed by atoms with van der Waals surface area (Å²) in [5.41, 5.74) is 1.09. The third kappa shape index (κ3) is 7.53. The van der Waals surface area contributed by atoms with E-state index in [1.165, 1.54) is 0 Å². The number of likely N-dealkylation sites (N-methyl/N-ethyl adjacent to an activating group) is 1. The molecule has 0 aromatic heterocycles. The highest BCUT2D eigenvalue weighted by Crippen LogP contribution is 2.11. The molecule has 0 radical (unpaired) electrons. The number of carbonyl (C=O) groups excluding carboxylic acids is 2. The molecule has 0 spiro atoms. The Labute approximate surface area is 139 Å². The first kappa shape index (κ1) is 18.6. The number of halogens is 1. The van der Waals surface area contributed by atoms with Crippen molar-refractivity contribution >= 4 is 27.9 Å². The van der Waals surface area contributed by atoms with Gasteiger partial charge in [0.2, 0.25) is 5.91 Å². The normalized spacial score (nSPS) is 12.0. The van der Waals surface area contributed by atoms with Gasteiger partial charge in [-0.05, 0) is 31.7 Å². The summed E-state index contributed by atoms with van der Waals surface area (Å²) >= 11 is 3.38. The Balaban J connectivity index is 2.34. The van der Waals surface area contributed by atoms with Crippen LogP contribution in [0.5, 0.6) is 0 Å². The highest BCUT2D eigenvalue weighted by Gasteiger charge is 2.12. The minimum absolute atomic E-state index is 0.141. The quantitative estimate of drug-likeness (QED) is 0.765. The number of amides is 3. The standard InChI is InChI=1S/C15H22BrN3O3/c1-11(10-22-3)17-15(21)18-14(20)9-19(2)8-12-4-6-13(16)7-5-12/h4-7,11H,8-10H2,1-3H3,(H2,17,18,20,21). The molecule has 7 heteroatoms. The van der Waals surface area contributed by atoms with Crippen LogP contribution in [0.1, 0.15) is 12.5 Å². The van der Waals surface area contributed by atoms with Gasteiger partial charge >= 0.3 is 6.03 Å². The number of urea groups is 1. The number of hydrogen-bond donors (Lipinski definition) is 2. The molecule has 1 aromatic rings. The Hall–Kier alpha value is -1.44. The van der Waals surface area contributed by atoms with E-state index in [1.54, 1.807) is 14.0 Å². The smallest absolute Gasteiger partial charge is 0.321 e. The fourth-order valence-electron chi connectivity index (χ4n) is 1.92. The Morgan fingerprint density at radius 3 is 2.55 bits per heavy atom. The van der Waals surface area contributed by atoms with Crippen molar-refractivity contribution in [1.82, 2.24) is 15.5 Å². The Morgan fingerprint density at radius 1 is 1.32 bits per heavy atom. The first-order valence-corrected chi connectivity index (χ1v) is 7.72. The average Bonchev–Trinajstić information content (AvgIpc) is 2.40. The van der Waals surface area contributed by atoms with Gasteiger partial charge in [-0.3, -0.25) is 15.0 Å². The monoisotopic (exact) mass is 371 g/mol. The number of nitrogens with one attached hydrogen (secondary N) is 2. The molecule has 1 unspecified atom stereocenters. The zero-order chi connectivity index (χ0) is 16.5. The van der Waals surface area contributed by atoms with E-state index in [0.717, 1.165) is 10.0 Å². The number of carbonyl (C=O) groups is 2. The van der Waals surface area contributed by atoms with Gasteiger partial charge in [0.05, 0.1) is 19.2 Å². The minimum atomic E-state index is -0.508. The van der Waals surface area contributed by atoms with Gasteiger partial charge in [-0.15, -0.1) is 0 Å². The van der Waals surface area contributed by atoms with Crippen LogP contribution in [-0.4, -0.2) is 50.2 Å². The van der Waals surface area contributed by atoms with Crippen molar-refractivity contribution in [3.8, 4) is 0 Å². The van der Waals surface area contributed by atoms with E-state index in [4.69, 9.17) is 4.74 Å². The minimum Gasteiger partial charge on any atom is -0.383 e. The number of imide groups is 1. The third-order valence-corrected chi connectivity index (χ3v) is 3.36. The molecule has 0 fully saturated rings. The number of methoxy groups -OCH3 is 1. The van der Waals surface area contributed by atoms with Gasteiger partial charge in [0.15, 0.2) is 0 Å². The van der Waals surface area contributed by atoms with E-state index in [1.807, 2.05) is 36.2 Å². The van der Waals surface area contributed by atoms with Crippen molar-refractivity contribution in [1.29, 1.82) is 0 Å². The summed E-state index contributed by atoms with van der Waals surface area (Å²) in [6.45, 7) is 2.96. The van der Waals surface area contributed by atoms with E-state index in [0.29, 0.717) is 13.2 Å². The van der Waals surface area contributed by atoms with Gasteiger partial charge in [0.1, 0.15) is 0 Å². The van der Waals surface area contributed by atoms with E-state index >= 15 is 0 Å². The molecule has 0 aliphatic carbocycles. The predicted molar refractivity (Wildman–Crippen MR) is 88.5 cm³/mol. The summed E-state index contributed by atoms with van der Waals surface area (Å²) in [5.74, 6) is -0.346. The van der Waals surface area contributed by atoms with Crippen LogP contribution in [0.4, 0.5) is 4.79 Å². The summed E-state index contributed by atoms with van der Waals surface area (Å²) in [6, 6.07) is 7.21. The van der Waals surface area contributed by atoms with Crippen molar-refractivity contribution in [2.24, 2.45) is 0 Å². The Bertz CT molecular complexity index is 493. The van der Waals surface area contributed by atoms with Gasteiger partial charge in [-0.1, -0.05) is 28.1 Å². The fourth-order valence-corrected chi connectivity index (χ4v) is 2.18. The third-order valence-electron chi connectivity index (χ3n) is 2.83. The molecule has 6 nitrogen and oxygen atoms in total. The van der Waals surface area contributed by atoms with Crippen LogP contribution in [0.2, 0.25) is 0 Å². The Kier molecular flexibility index (Phi) is 8.08. The molecule has 1 atom stereocenters. The molecule has 122 valence electrons. The summed E-state index contributed by atoms with van der Waals surface area (Å²) in [4.78, 5) is 25.2.